The zero-order chi connectivity index (χ0) is 32.2. The summed E-state index contributed by atoms with van der Waals surface area (Å²) in [7, 11) is -4.13. The van der Waals surface area contributed by atoms with Crippen molar-refractivity contribution >= 4 is 43.5 Å². The Morgan fingerprint density at radius 1 is 0.800 bits per heavy atom. The first-order valence-corrected chi connectivity index (χ1v) is 17.5. The molecule has 0 radical (unpaired) electrons. The number of carbonyl (C=O) groups excluding carboxylic acids is 2. The second-order valence-electron chi connectivity index (χ2n) is 10.8. The molecule has 0 bridgehead atoms. The van der Waals surface area contributed by atoms with Crippen molar-refractivity contribution in [3.05, 3.63) is 130 Å². The van der Waals surface area contributed by atoms with Crippen LogP contribution in [0.3, 0.4) is 0 Å². The Morgan fingerprint density at radius 2 is 1.44 bits per heavy atom. The minimum atomic E-state index is -4.13. The molecular formula is C36H40BrN3O4S. The lowest BCUT2D eigenvalue weighted by atomic mass is 10.0. The molecule has 2 amide bonds. The zero-order valence-electron chi connectivity index (χ0n) is 25.7. The Labute approximate surface area is 275 Å². The molecule has 1 N–H and O–H groups in total. The number of rotatable bonds is 15. The minimum absolute atomic E-state index is 0.0778. The first-order valence-electron chi connectivity index (χ1n) is 15.2. The molecule has 0 aliphatic carbocycles. The number of nitrogens with zero attached hydrogens (tertiary/aromatic N) is 2. The zero-order valence-corrected chi connectivity index (χ0v) is 28.1. The minimum Gasteiger partial charge on any atom is -0.354 e. The largest absolute Gasteiger partial charge is 0.354 e. The highest BCUT2D eigenvalue weighted by Crippen LogP contribution is 2.26. The fraction of sp³-hybridized carbons (Fsp3) is 0.278. The second-order valence-corrected chi connectivity index (χ2v) is 13.6. The van der Waals surface area contributed by atoms with Crippen molar-refractivity contribution < 1.29 is 18.0 Å². The predicted octanol–water partition coefficient (Wildman–Crippen LogP) is 6.76. The predicted molar refractivity (Wildman–Crippen MR) is 183 cm³/mol. The smallest absolute Gasteiger partial charge is 0.264 e. The van der Waals surface area contributed by atoms with Crippen molar-refractivity contribution in [1.29, 1.82) is 0 Å². The molecule has 0 saturated heterocycles. The quantitative estimate of drug-likeness (QED) is 0.140. The first kappa shape index (κ1) is 33.9. The van der Waals surface area contributed by atoms with Crippen LogP contribution < -0.4 is 9.62 Å². The van der Waals surface area contributed by atoms with Crippen LogP contribution in [0, 0.1) is 0 Å². The summed E-state index contributed by atoms with van der Waals surface area (Å²) in [6, 6.07) is 31.5. The molecule has 236 valence electrons. The average Bonchev–Trinajstić information content (AvgIpc) is 3.06. The van der Waals surface area contributed by atoms with Crippen LogP contribution in [0.25, 0.3) is 0 Å². The van der Waals surface area contributed by atoms with Crippen LogP contribution in [0.15, 0.2) is 119 Å². The van der Waals surface area contributed by atoms with Gasteiger partial charge < -0.3 is 10.2 Å². The van der Waals surface area contributed by atoms with Crippen molar-refractivity contribution in [2.45, 2.75) is 57.0 Å². The number of benzene rings is 4. The number of nitrogens with one attached hydrogen (secondary N) is 1. The third-order valence-electron chi connectivity index (χ3n) is 7.59. The van der Waals surface area contributed by atoms with Gasteiger partial charge in [-0.05, 0) is 65.9 Å². The summed E-state index contributed by atoms with van der Waals surface area (Å²) in [4.78, 5) is 29.9. The van der Waals surface area contributed by atoms with Crippen LogP contribution in [-0.2, 0) is 39.0 Å². The standard InChI is InChI=1S/C36H40BrN3O4S/c1-3-5-23-38-36(42)34(25-29-13-8-6-9-14-29)39(26-30-15-12-16-31(37)24-30)35(41)27-40(32-21-19-28(4-2)20-22-32)45(43,44)33-17-10-7-11-18-33/h6-22,24,34H,3-5,23,25-27H2,1-2H3,(H,38,42)/t34-/m0/s1. The number of anilines is 1. The monoisotopic (exact) mass is 689 g/mol. The molecule has 4 aromatic rings. The maximum Gasteiger partial charge on any atom is 0.264 e. The Balaban J connectivity index is 1.78. The maximum absolute atomic E-state index is 14.5. The summed E-state index contributed by atoms with van der Waals surface area (Å²) in [6.07, 6.45) is 2.78. The van der Waals surface area contributed by atoms with Gasteiger partial charge in [-0.15, -0.1) is 0 Å². The molecule has 0 aliphatic rings. The van der Waals surface area contributed by atoms with Crippen molar-refractivity contribution in [2.75, 3.05) is 17.4 Å². The van der Waals surface area contributed by atoms with Gasteiger partial charge in [-0.3, -0.25) is 13.9 Å². The van der Waals surface area contributed by atoms with E-state index in [1.807, 2.05) is 80.6 Å². The summed E-state index contributed by atoms with van der Waals surface area (Å²) >= 11 is 3.52. The number of amides is 2. The highest BCUT2D eigenvalue weighted by molar-refractivity contribution is 9.10. The van der Waals surface area contributed by atoms with E-state index in [1.165, 1.54) is 17.0 Å². The lowest BCUT2D eigenvalue weighted by Gasteiger charge is -2.34. The molecule has 0 aliphatic heterocycles. The van der Waals surface area contributed by atoms with Gasteiger partial charge in [0.05, 0.1) is 10.6 Å². The van der Waals surface area contributed by atoms with Crippen molar-refractivity contribution in [1.82, 2.24) is 10.2 Å². The normalized spacial score (nSPS) is 11.9. The topological polar surface area (TPSA) is 86.8 Å². The number of unbranched alkanes of at least 4 members (excludes halogenated alkanes) is 1. The number of halogens is 1. The first-order chi connectivity index (χ1) is 21.7. The maximum atomic E-state index is 14.5. The number of carbonyl (C=O) groups is 2. The molecule has 0 saturated carbocycles. The Morgan fingerprint density at radius 3 is 2.07 bits per heavy atom. The van der Waals surface area contributed by atoms with Gasteiger partial charge in [-0.2, -0.15) is 0 Å². The van der Waals surface area contributed by atoms with Crippen molar-refractivity contribution in [3.63, 3.8) is 0 Å². The lowest BCUT2D eigenvalue weighted by molar-refractivity contribution is -0.140. The van der Waals surface area contributed by atoms with E-state index >= 15 is 0 Å². The average molecular weight is 691 g/mol. The van der Waals surface area contributed by atoms with E-state index in [4.69, 9.17) is 0 Å². The molecule has 0 aromatic heterocycles. The van der Waals surface area contributed by atoms with Gasteiger partial charge >= 0.3 is 0 Å². The number of hydrogen-bond donors (Lipinski definition) is 1. The SMILES string of the molecule is CCCCNC(=O)[C@H](Cc1ccccc1)N(Cc1cccc(Br)c1)C(=O)CN(c1ccc(CC)cc1)S(=O)(=O)c1ccccc1. The third-order valence-corrected chi connectivity index (χ3v) is 9.87. The van der Waals surface area contributed by atoms with Gasteiger partial charge in [0.15, 0.2) is 0 Å². The molecular weight excluding hydrogens is 650 g/mol. The Hall–Kier alpha value is -3.95. The van der Waals surface area contributed by atoms with Gasteiger partial charge in [0.2, 0.25) is 11.8 Å². The van der Waals surface area contributed by atoms with E-state index in [-0.39, 0.29) is 23.8 Å². The van der Waals surface area contributed by atoms with Crippen LogP contribution in [-0.4, -0.2) is 44.3 Å². The van der Waals surface area contributed by atoms with Gasteiger partial charge in [0, 0.05) is 24.0 Å². The molecule has 7 nitrogen and oxygen atoms in total. The van der Waals surface area contributed by atoms with E-state index in [9.17, 15) is 18.0 Å². The van der Waals surface area contributed by atoms with E-state index in [2.05, 4.69) is 21.2 Å². The van der Waals surface area contributed by atoms with Gasteiger partial charge in [0.1, 0.15) is 12.6 Å². The molecule has 4 aromatic carbocycles. The third kappa shape index (κ3) is 9.28. The van der Waals surface area contributed by atoms with Gasteiger partial charge in [-0.25, -0.2) is 8.42 Å². The van der Waals surface area contributed by atoms with Crippen LogP contribution >= 0.6 is 15.9 Å². The Kier molecular flexibility index (Phi) is 12.4. The highest BCUT2D eigenvalue weighted by Gasteiger charge is 2.34. The fourth-order valence-corrected chi connectivity index (χ4v) is 6.92. The number of hydrogen-bond acceptors (Lipinski definition) is 4. The summed E-state index contributed by atoms with van der Waals surface area (Å²) in [5.74, 6) is -0.763. The molecule has 0 spiro atoms. The van der Waals surface area contributed by atoms with Crippen LogP contribution in [0.5, 0.6) is 0 Å². The summed E-state index contributed by atoms with van der Waals surface area (Å²) in [5, 5.41) is 3.02. The second kappa shape index (κ2) is 16.4. The molecule has 0 unspecified atom stereocenters. The lowest BCUT2D eigenvalue weighted by Crippen LogP contribution is -2.53. The van der Waals surface area contributed by atoms with Crippen molar-refractivity contribution in [2.24, 2.45) is 0 Å². The summed E-state index contributed by atoms with van der Waals surface area (Å²) < 4.78 is 30.2. The van der Waals surface area contributed by atoms with E-state index in [0.29, 0.717) is 12.2 Å². The van der Waals surface area contributed by atoms with Crippen molar-refractivity contribution in [3.8, 4) is 0 Å². The van der Waals surface area contributed by atoms with Gasteiger partial charge in [-0.1, -0.05) is 109 Å². The molecule has 1 atom stereocenters. The van der Waals surface area contributed by atoms with Crippen LogP contribution in [0.1, 0.15) is 43.4 Å². The highest BCUT2D eigenvalue weighted by atomic mass is 79.9. The molecule has 9 heteroatoms. The molecule has 0 heterocycles. The molecule has 4 rings (SSSR count). The van der Waals surface area contributed by atoms with E-state index in [1.54, 1.807) is 30.3 Å². The Bertz CT molecular complexity index is 1650. The van der Waals surface area contributed by atoms with E-state index in [0.717, 1.165) is 44.7 Å². The van der Waals surface area contributed by atoms with Crippen LogP contribution in [0.2, 0.25) is 0 Å². The molecule has 45 heavy (non-hydrogen) atoms. The van der Waals surface area contributed by atoms with Gasteiger partial charge in [0.25, 0.3) is 10.0 Å². The summed E-state index contributed by atoms with van der Waals surface area (Å²) in [5.41, 5.74) is 3.12. The fourth-order valence-electron chi connectivity index (χ4n) is 5.04. The molecule has 0 fully saturated rings. The number of aryl methyl sites for hydroxylation is 1. The number of sulfonamides is 1. The van der Waals surface area contributed by atoms with Crippen LogP contribution in [0.4, 0.5) is 5.69 Å². The van der Waals surface area contributed by atoms with E-state index < -0.39 is 28.5 Å². The summed E-state index contributed by atoms with van der Waals surface area (Å²) in [6.45, 7) is 4.19.